The quantitative estimate of drug-likeness (QED) is 0.397. The number of ether oxygens (including phenoxy) is 2. The summed E-state index contributed by atoms with van der Waals surface area (Å²) < 4.78 is 10.6. The zero-order valence-corrected chi connectivity index (χ0v) is 8.97. The van der Waals surface area contributed by atoms with Crippen LogP contribution in [0.15, 0.2) is 12.2 Å². The van der Waals surface area contributed by atoms with E-state index in [-0.39, 0.29) is 5.97 Å². The van der Waals surface area contributed by atoms with E-state index in [1.807, 2.05) is 0 Å². The Labute approximate surface area is 85.1 Å². The van der Waals surface area contributed by atoms with E-state index in [1.54, 1.807) is 14.0 Å². The molecule has 0 spiro atoms. The molecule has 3 nitrogen and oxygen atoms in total. The first-order valence-corrected chi connectivity index (χ1v) is 5.04. The first kappa shape index (κ1) is 11.2. The fourth-order valence-electron chi connectivity index (χ4n) is 1.69. The van der Waals surface area contributed by atoms with Gasteiger partial charge in [0.2, 0.25) is 5.79 Å². The topological polar surface area (TPSA) is 35.5 Å². The molecule has 0 aromatic carbocycles. The van der Waals surface area contributed by atoms with Crippen molar-refractivity contribution in [2.45, 2.75) is 44.8 Å². The molecule has 0 unspecified atom stereocenters. The summed E-state index contributed by atoms with van der Waals surface area (Å²) in [4.78, 5) is 11.4. The second kappa shape index (κ2) is 4.60. The molecule has 1 aliphatic carbocycles. The van der Waals surface area contributed by atoms with Crippen molar-refractivity contribution in [3.8, 4) is 0 Å². The van der Waals surface area contributed by atoms with Gasteiger partial charge in [-0.25, -0.2) is 4.79 Å². The average Bonchev–Trinajstić information content (AvgIpc) is 2.19. The van der Waals surface area contributed by atoms with E-state index in [2.05, 4.69) is 6.58 Å². The van der Waals surface area contributed by atoms with Crippen molar-refractivity contribution in [1.82, 2.24) is 0 Å². The number of rotatable bonds is 3. The molecule has 0 atom stereocenters. The number of carbonyl (C=O) groups is 1. The highest BCUT2D eigenvalue weighted by atomic mass is 16.7. The Balaban J connectivity index is 2.60. The molecule has 3 heteroatoms. The van der Waals surface area contributed by atoms with Crippen LogP contribution in [-0.4, -0.2) is 18.9 Å². The van der Waals surface area contributed by atoms with Crippen LogP contribution in [0, 0.1) is 0 Å². The predicted octanol–water partition coefficient (Wildman–Crippen LogP) is 2.41. The number of esters is 1. The molecule has 0 bridgehead atoms. The van der Waals surface area contributed by atoms with E-state index >= 15 is 0 Å². The van der Waals surface area contributed by atoms with Gasteiger partial charge in [0.25, 0.3) is 0 Å². The third kappa shape index (κ3) is 2.58. The SMILES string of the molecule is C=C(C)C(=O)OC1(OC)CCCCC1. The van der Waals surface area contributed by atoms with Crippen molar-refractivity contribution in [3.63, 3.8) is 0 Å². The minimum atomic E-state index is -0.686. The van der Waals surface area contributed by atoms with E-state index in [1.165, 1.54) is 6.42 Å². The molecule has 0 amide bonds. The van der Waals surface area contributed by atoms with Gasteiger partial charge >= 0.3 is 5.97 Å². The summed E-state index contributed by atoms with van der Waals surface area (Å²) in [6.07, 6.45) is 4.88. The average molecular weight is 198 g/mol. The first-order valence-electron chi connectivity index (χ1n) is 5.04. The lowest BCUT2D eigenvalue weighted by molar-refractivity contribution is -0.229. The summed E-state index contributed by atoms with van der Waals surface area (Å²) in [5, 5.41) is 0. The highest BCUT2D eigenvalue weighted by Crippen LogP contribution is 2.32. The van der Waals surface area contributed by atoms with Crippen LogP contribution in [0.4, 0.5) is 0 Å². The first-order chi connectivity index (χ1) is 6.59. The van der Waals surface area contributed by atoms with Crippen LogP contribution in [-0.2, 0) is 14.3 Å². The van der Waals surface area contributed by atoms with Crippen LogP contribution in [0.2, 0.25) is 0 Å². The van der Waals surface area contributed by atoms with Gasteiger partial charge < -0.3 is 9.47 Å². The standard InChI is InChI=1S/C11H18O3/c1-9(2)10(12)14-11(13-3)7-5-4-6-8-11/h1,4-8H2,2-3H3. The molecule has 1 aliphatic rings. The molecule has 0 N–H and O–H groups in total. The Hall–Kier alpha value is -0.830. The van der Waals surface area contributed by atoms with Crippen molar-refractivity contribution in [2.75, 3.05) is 7.11 Å². The highest BCUT2D eigenvalue weighted by molar-refractivity contribution is 5.87. The number of carbonyl (C=O) groups excluding carboxylic acids is 1. The lowest BCUT2D eigenvalue weighted by Crippen LogP contribution is -2.39. The van der Waals surface area contributed by atoms with E-state index < -0.39 is 5.79 Å². The fraction of sp³-hybridized carbons (Fsp3) is 0.727. The lowest BCUT2D eigenvalue weighted by Gasteiger charge is -2.35. The Morgan fingerprint density at radius 1 is 1.29 bits per heavy atom. The third-order valence-electron chi connectivity index (χ3n) is 2.61. The summed E-state index contributed by atoms with van der Waals surface area (Å²) in [6, 6.07) is 0. The fourth-order valence-corrected chi connectivity index (χ4v) is 1.69. The van der Waals surface area contributed by atoms with Gasteiger partial charge in [-0.3, -0.25) is 0 Å². The predicted molar refractivity (Wildman–Crippen MR) is 53.7 cm³/mol. The summed E-state index contributed by atoms with van der Waals surface area (Å²) in [6.45, 7) is 5.20. The molecule has 80 valence electrons. The highest BCUT2D eigenvalue weighted by Gasteiger charge is 2.35. The van der Waals surface area contributed by atoms with Gasteiger partial charge in [-0.15, -0.1) is 0 Å². The Kier molecular flexibility index (Phi) is 3.69. The Morgan fingerprint density at radius 2 is 1.86 bits per heavy atom. The molecule has 0 heterocycles. The van der Waals surface area contributed by atoms with Gasteiger partial charge in [-0.05, 0) is 19.8 Å². The molecule has 0 saturated heterocycles. The summed E-state index contributed by atoms with van der Waals surface area (Å²) in [5.74, 6) is -1.04. The lowest BCUT2D eigenvalue weighted by atomic mass is 9.94. The largest absolute Gasteiger partial charge is 0.430 e. The van der Waals surface area contributed by atoms with Crippen LogP contribution < -0.4 is 0 Å². The second-order valence-electron chi connectivity index (χ2n) is 3.85. The van der Waals surface area contributed by atoms with Crippen molar-refractivity contribution in [3.05, 3.63) is 12.2 Å². The van der Waals surface area contributed by atoms with Gasteiger partial charge in [-0.2, -0.15) is 0 Å². The zero-order chi connectivity index (χ0) is 10.6. The molecule has 1 saturated carbocycles. The van der Waals surface area contributed by atoms with Crippen LogP contribution in [0.3, 0.4) is 0 Å². The molecule has 0 aliphatic heterocycles. The molecule has 0 aromatic rings. The van der Waals surface area contributed by atoms with Gasteiger partial charge in [0.15, 0.2) is 0 Å². The van der Waals surface area contributed by atoms with Crippen molar-refractivity contribution >= 4 is 5.97 Å². The van der Waals surface area contributed by atoms with Crippen LogP contribution >= 0.6 is 0 Å². The van der Waals surface area contributed by atoms with E-state index in [0.29, 0.717) is 5.57 Å². The second-order valence-corrected chi connectivity index (χ2v) is 3.85. The molecule has 0 aromatic heterocycles. The van der Waals surface area contributed by atoms with Crippen LogP contribution in [0.1, 0.15) is 39.0 Å². The normalized spacial score (nSPS) is 20.1. The maximum absolute atomic E-state index is 11.4. The van der Waals surface area contributed by atoms with Gasteiger partial charge in [0, 0.05) is 25.5 Å². The van der Waals surface area contributed by atoms with Crippen molar-refractivity contribution in [2.24, 2.45) is 0 Å². The zero-order valence-electron chi connectivity index (χ0n) is 8.97. The van der Waals surface area contributed by atoms with E-state index in [9.17, 15) is 4.79 Å². The number of hydrogen-bond acceptors (Lipinski definition) is 3. The minimum Gasteiger partial charge on any atom is -0.430 e. The molecule has 1 fully saturated rings. The third-order valence-corrected chi connectivity index (χ3v) is 2.61. The molecule has 1 rings (SSSR count). The number of hydrogen-bond donors (Lipinski definition) is 0. The van der Waals surface area contributed by atoms with Crippen LogP contribution in [0.25, 0.3) is 0 Å². The summed E-state index contributed by atoms with van der Waals surface area (Å²) >= 11 is 0. The van der Waals surface area contributed by atoms with Gasteiger partial charge in [0.05, 0.1) is 0 Å². The summed E-state index contributed by atoms with van der Waals surface area (Å²) in [7, 11) is 1.59. The van der Waals surface area contributed by atoms with Crippen LogP contribution in [0.5, 0.6) is 0 Å². The van der Waals surface area contributed by atoms with Crippen molar-refractivity contribution < 1.29 is 14.3 Å². The van der Waals surface area contributed by atoms with Crippen molar-refractivity contribution in [1.29, 1.82) is 0 Å². The van der Waals surface area contributed by atoms with E-state index in [0.717, 1.165) is 25.7 Å². The molecule has 0 radical (unpaired) electrons. The Morgan fingerprint density at radius 3 is 2.29 bits per heavy atom. The van der Waals surface area contributed by atoms with Gasteiger partial charge in [-0.1, -0.05) is 13.0 Å². The number of methoxy groups -OCH3 is 1. The smallest absolute Gasteiger partial charge is 0.335 e. The molecular formula is C11H18O3. The molecule has 14 heavy (non-hydrogen) atoms. The monoisotopic (exact) mass is 198 g/mol. The summed E-state index contributed by atoms with van der Waals surface area (Å²) in [5.41, 5.74) is 0.423. The van der Waals surface area contributed by atoms with Gasteiger partial charge in [0.1, 0.15) is 0 Å². The maximum atomic E-state index is 11.4. The molecular weight excluding hydrogens is 180 g/mol. The minimum absolute atomic E-state index is 0.353. The maximum Gasteiger partial charge on any atom is 0.335 e. The van der Waals surface area contributed by atoms with E-state index in [4.69, 9.17) is 9.47 Å². The Bertz CT molecular complexity index is 227.